The molecule has 1 fully saturated rings. The molecule has 1 aliphatic heterocycles. The molecular weight excluding hydrogens is 220 g/mol. The van der Waals surface area contributed by atoms with Crippen LogP contribution in [0.4, 0.5) is 0 Å². The fourth-order valence-electron chi connectivity index (χ4n) is 1.26. The number of tetrazole rings is 1. The van der Waals surface area contributed by atoms with Gasteiger partial charge in [0.05, 0.1) is 6.61 Å². The predicted molar refractivity (Wildman–Crippen MR) is 50.5 cm³/mol. The monoisotopic (exact) mass is 230 g/mol. The molecule has 0 saturated carbocycles. The molecule has 0 bridgehead atoms. The number of aromatic nitrogens is 4. The van der Waals surface area contributed by atoms with Gasteiger partial charge in [0.25, 0.3) is 0 Å². The quantitative estimate of drug-likeness (QED) is 0.755. The maximum atomic E-state index is 10.5. The Morgan fingerprint density at radius 1 is 1.73 bits per heavy atom. The van der Waals surface area contributed by atoms with Crippen LogP contribution in [0, 0.1) is 0 Å². The molecule has 82 valence electrons. The Balaban J connectivity index is 2.00. The lowest BCUT2D eigenvalue weighted by Gasteiger charge is -2.05. The first-order chi connectivity index (χ1) is 7.25. The highest BCUT2D eigenvalue weighted by Gasteiger charge is 2.20. The van der Waals surface area contributed by atoms with Gasteiger partial charge in [0.1, 0.15) is 6.54 Å². The number of ether oxygens (including phenoxy) is 1. The molecule has 8 heteroatoms. The van der Waals surface area contributed by atoms with Gasteiger partial charge in [-0.05, 0) is 16.8 Å². The molecule has 0 spiro atoms. The summed E-state index contributed by atoms with van der Waals surface area (Å²) in [5.41, 5.74) is 0. The van der Waals surface area contributed by atoms with Crippen molar-refractivity contribution in [3.05, 3.63) is 0 Å². The normalized spacial score (nSPS) is 20.7. The fourth-order valence-corrected chi connectivity index (χ4v) is 2.25. The average Bonchev–Trinajstić information content (AvgIpc) is 2.78. The fraction of sp³-hybridized carbons (Fsp3) is 0.714. The van der Waals surface area contributed by atoms with Gasteiger partial charge in [0.2, 0.25) is 5.16 Å². The van der Waals surface area contributed by atoms with Crippen molar-refractivity contribution in [2.75, 3.05) is 13.2 Å². The van der Waals surface area contributed by atoms with Gasteiger partial charge in [-0.15, -0.1) is 5.10 Å². The SMILES string of the molecule is O=C(O)Cn1nnnc1SC1CCOC1. The molecule has 1 saturated heterocycles. The largest absolute Gasteiger partial charge is 0.480 e. The Bertz CT molecular complexity index is 350. The van der Waals surface area contributed by atoms with Gasteiger partial charge < -0.3 is 9.84 Å². The van der Waals surface area contributed by atoms with Crippen LogP contribution in [-0.4, -0.2) is 49.7 Å². The molecule has 1 aromatic heterocycles. The molecule has 1 unspecified atom stereocenters. The van der Waals surface area contributed by atoms with Crippen molar-refractivity contribution < 1.29 is 14.6 Å². The summed E-state index contributed by atoms with van der Waals surface area (Å²) in [5.74, 6) is -0.952. The van der Waals surface area contributed by atoms with Crippen molar-refractivity contribution in [2.24, 2.45) is 0 Å². The molecule has 0 aliphatic carbocycles. The Kier molecular flexibility index (Phi) is 3.17. The standard InChI is InChI=1S/C7H10N4O3S/c12-6(13)3-11-7(8-9-10-11)15-5-1-2-14-4-5/h5H,1-4H2,(H,12,13). The summed E-state index contributed by atoms with van der Waals surface area (Å²) >= 11 is 1.46. The highest BCUT2D eigenvalue weighted by atomic mass is 32.2. The summed E-state index contributed by atoms with van der Waals surface area (Å²) < 4.78 is 6.49. The third kappa shape index (κ3) is 2.66. The van der Waals surface area contributed by atoms with Gasteiger partial charge in [0.15, 0.2) is 0 Å². The first kappa shape index (κ1) is 10.4. The lowest BCUT2D eigenvalue weighted by molar-refractivity contribution is -0.138. The summed E-state index contributed by atoms with van der Waals surface area (Å²) in [4.78, 5) is 10.5. The number of hydrogen-bond donors (Lipinski definition) is 1. The van der Waals surface area contributed by atoms with Crippen LogP contribution in [0.15, 0.2) is 5.16 Å². The number of thioether (sulfide) groups is 1. The second-order valence-electron chi connectivity index (χ2n) is 3.12. The van der Waals surface area contributed by atoms with Crippen LogP contribution < -0.4 is 0 Å². The summed E-state index contributed by atoms with van der Waals surface area (Å²) in [6.45, 7) is 1.21. The van der Waals surface area contributed by atoms with Crippen LogP contribution in [0.2, 0.25) is 0 Å². The highest BCUT2D eigenvalue weighted by Crippen LogP contribution is 2.26. The number of carboxylic acids is 1. The second-order valence-corrected chi connectivity index (χ2v) is 4.38. The van der Waals surface area contributed by atoms with Crippen molar-refractivity contribution in [2.45, 2.75) is 23.4 Å². The average molecular weight is 230 g/mol. The summed E-state index contributed by atoms with van der Waals surface area (Å²) in [5, 5.41) is 20.3. The zero-order valence-corrected chi connectivity index (χ0v) is 8.68. The van der Waals surface area contributed by atoms with E-state index in [1.165, 1.54) is 16.4 Å². The maximum absolute atomic E-state index is 10.5. The Morgan fingerprint density at radius 3 is 3.27 bits per heavy atom. The summed E-state index contributed by atoms with van der Waals surface area (Å²) in [6.07, 6.45) is 0.949. The minimum absolute atomic E-state index is 0.205. The van der Waals surface area contributed by atoms with Crippen LogP contribution in [-0.2, 0) is 16.1 Å². The number of hydrogen-bond acceptors (Lipinski definition) is 6. The van der Waals surface area contributed by atoms with Crippen molar-refractivity contribution in [3.63, 3.8) is 0 Å². The molecule has 0 aromatic carbocycles. The zero-order valence-electron chi connectivity index (χ0n) is 7.87. The van der Waals surface area contributed by atoms with E-state index in [0.717, 1.165) is 13.0 Å². The number of aliphatic carboxylic acids is 1. The van der Waals surface area contributed by atoms with Crippen molar-refractivity contribution >= 4 is 17.7 Å². The van der Waals surface area contributed by atoms with Gasteiger partial charge >= 0.3 is 5.97 Å². The van der Waals surface area contributed by atoms with E-state index < -0.39 is 5.97 Å². The van der Waals surface area contributed by atoms with Crippen LogP contribution in [0.3, 0.4) is 0 Å². The van der Waals surface area contributed by atoms with Gasteiger partial charge in [-0.2, -0.15) is 0 Å². The third-order valence-corrected chi connectivity index (χ3v) is 3.15. The Labute approximate surface area is 89.8 Å². The van der Waals surface area contributed by atoms with E-state index in [1.807, 2.05) is 0 Å². The van der Waals surface area contributed by atoms with Crippen LogP contribution in [0.5, 0.6) is 0 Å². The molecule has 2 rings (SSSR count). The highest BCUT2D eigenvalue weighted by molar-refractivity contribution is 7.99. The van der Waals surface area contributed by atoms with E-state index >= 15 is 0 Å². The minimum Gasteiger partial charge on any atom is -0.480 e. The Morgan fingerprint density at radius 2 is 2.60 bits per heavy atom. The molecule has 0 radical (unpaired) electrons. The number of carboxylic acid groups (broad SMARTS) is 1. The van der Waals surface area contributed by atoms with E-state index in [1.54, 1.807) is 0 Å². The summed E-state index contributed by atoms with van der Waals surface area (Å²) in [6, 6.07) is 0. The topological polar surface area (TPSA) is 90.1 Å². The minimum atomic E-state index is -0.952. The van der Waals surface area contributed by atoms with Crippen molar-refractivity contribution in [3.8, 4) is 0 Å². The molecule has 1 aromatic rings. The molecule has 0 amide bonds. The predicted octanol–water partition coefficient (Wildman–Crippen LogP) is -0.361. The van der Waals surface area contributed by atoms with Gasteiger partial charge in [0, 0.05) is 11.9 Å². The van der Waals surface area contributed by atoms with E-state index in [9.17, 15) is 4.79 Å². The smallest absolute Gasteiger partial charge is 0.325 e. The van der Waals surface area contributed by atoms with E-state index in [2.05, 4.69) is 15.5 Å². The number of nitrogens with zero attached hydrogens (tertiary/aromatic N) is 4. The molecule has 2 heterocycles. The molecule has 1 atom stereocenters. The van der Waals surface area contributed by atoms with Gasteiger partial charge in [-0.3, -0.25) is 4.79 Å². The molecule has 1 N–H and O–H groups in total. The van der Waals surface area contributed by atoms with Crippen LogP contribution in [0.1, 0.15) is 6.42 Å². The second kappa shape index (κ2) is 4.58. The van der Waals surface area contributed by atoms with Crippen LogP contribution >= 0.6 is 11.8 Å². The van der Waals surface area contributed by atoms with E-state index in [4.69, 9.17) is 9.84 Å². The first-order valence-electron chi connectivity index (χ1n) is 4.48. The van der Waals surface area contributed by atoms with Crippen molar-refractivity contribution in [1.82, 2.24) is 20.2 Å². The maximum Gasteiger partial charge on any atom is 0.325 e. The van der Waals surface area contributed by atoms with Crippen molar-refractivity contribution in [1.29, 1.82) is 0 Å². The van der Waals surface area contributed by atoms with Gasteiger partial charge in [-0.25, -0.2) is 4.68 Å². The molecule has 15 heavy (non-hydrogen) atoms. The number of rotatable bonds is 4. The lowest BCUT2D eigenvalue weighted by atomic mass is 10.4. The first-order valence-corrected chi connectivity index (χ1v) is 5.36. The zero-order chi connectivity index (χ0) is 10.7. The molecular formula is C7H10N4O3S. The van der Waals surface area contributed by atoms with Gasteiger partial charge in [-0.1, -0.05) is 11.8 Å². The van der Waals surface area contributed by atoms with E-state index in [-0.39, 0.29) is 6.54 Å². The van der Waals surface area contributed by atoms with Crippen LogP contribution in [0.25, 0.3) is 0 Å². The van der Waals surface area contributed by atoms with E-state index in [0.29, 0.717) is 17.0 Å². The Hall–Kier alpha value is -1.15. The third-order valence-electron chi connectivity index (χ3n) is 1.94. The number of carbonyl (C=O) groups is 1. The lowest BCUT2D eigenvalue weighted by Crippen LogP contribution is -2.13. The molecule has 1 aliphatic rings. The summed E-state index contributed by atoms with van der Waals surface area (Å²) in [7, 11) is 0. The molecule has 7 nitrogen and oxygen atoms in total.